The monoisotopic (exact) mass is 607 g/mol. The fourth-order valence-corrected chi connectivity index (χ4v) is 4.99. The first-order chi connectivity index (χ1) is 15.2. The summed E-state index contributed by atoms with van der Waals surface area (Å²) in [6.45, 7) is 1.94. The van der Waals surface area contributed by atoms with Gasteiger partial charge in [0.15, 0.2) is 22.4 Å². The van der Waals surface area contributed by atoms with Crippen LogP contribution in [0.4, 0.5) is 10.1 Å². The van der Waals surface area contributed by atoms with Gasteiger partial charge in [0.05, 0.1) is 32.9 Å². The Morgan fingerprint density at radius 2 is 2.06 bits per heavy atom. The molecular weight excluding hydrogens is 592 g/mol. The average molecular weight is 608 g/mol. The molecule has 0 spiro atoms. The minimum absolute atomic E-state index is 0.0982. The van der Waals surface area contributed by atoms with Crippen LogP contribution >= 0.6 is 58.2 Å². The van der Waals surface area contributed by atoms with Gasteiger partial charge in [-0.05, 0) is 71.5 Å². The highest BCUT2D eigenvalue weighted by Crippen LogP contribution is 2.39. The van der Waals surface area contributed by atoms with Gasteiger partial charge in [0.1, 0.15) is 5.82 Å². The maximum absolute atomic E-state index is 13.5. The molecule has 1 aliphatic heterocycles. The second-order valence-corrected chi connectivity index (χ2v) is 9.49. The summed E-state index contributed by atoms with van der Waals surface area (Å²) in [5.74, 6) is -0.610. The van der Waals surface area contributed by atoms with E-state index in [1.165, 1.54) is 30.2 Å². The van der Waals surface area contributed by atoms with E-state index >= 15 is 0 Å². The number of rotatable bonds is 7. The SMILES string of the molecule is CCOc1cc(/C=C2/SC(=S)N(c3ccc(F)c(Cl)c3)C2=O)cc(I)c1OCC(=O)OC. The van der Waals surface area contributed by atoms with Crippen molar-refractivity contribution in [2.45, 2.75) is 6.92 Å². The molecule has 0 atom stereocenters. The summed E-state index contributed by atoms with van der Waals surface area (Å²) >= 11 is 14.4. The van der Waals surface area contributed by atoms with Gasteiger partial charge < -0.3 is 14.2 Å². The summed E-state index contributed by atoms with van der Waals surface area (Å²) in [5, 5.41) is -0.0982. The molecule has 1 saturated heterocycles. The van der Waals surface area contributed by atoms with Crippen LogP contribution in [0.5, 0.6) is 11.5 Å². The Morgan fingerprint density at radius 3 is 2.72 bits per heavy atom. The van der Waals surface area contributed by atoms with Crippen LogP contribution in [0.2, 0.25) is 5.02 Å². The number of esters is 1. The van der Waals surface area contributed by atoms with Crippen molar-refractivity contribution in [2.24, 2.45) is 0 Å². The van der Waals surface area contributed by atoms with Crippen LogP contribution in [0.3, 0.4) is 0 Å². The molecule has 1 aliphatic rings. The van der Waals surface area contributed by atoms with Crippen molar-refractivity contribution in [1.82, 2.24) is 0 Å². The fraction of sp³-hybridized carbons (Fsp3) is 0.190. The van der Waals surface area contributed by atoms with Crippen molar-refractivity contribution in [1.29, 1.82) is 0 Å². The number of benzene rings is 2. The van der Waals surface area contributed by atoms with Crippen molar-refractivity contribution in [3.63, 3.8) is 0 Å². The Bertz CT molecular complexity index is 1130. The van der Waals surface area contributed by atoms with Gasteiger partial charge in [-0.1, -0.05) is 35.6 Å². The van der Waals surface area contributed by atoms with Crippen molar-refractivity contribution in [3.8, 4) is 11.5 Å². The number of methoxy groups -OCH3 is 1. The van der Waals surface area contributed by atoms with Crippen molar-refractivity contribution < 1.29 is 28.2 Å². The van der Waals surface area contributed by atoms with Crippen LogP contribution < -0.4 is 14.4 Å². The predicted octanol–water partition coefficient (Wildman–Crippen LogP) is 5.44. The van der Waals surface area contributed by atoms with Gasteiger partial charge in [-0.25, -0.2) is 9.18 Å². The number of thioether (sulfide) groups is 1. The number of amides is 1. The van der Waals surface area contributed by atoms with E-state index in [-0.39, 0.29) is 17.5 Å². The zero-order valence-electron chi connectivity index (χ0n) is 16.8. The predicted molar refractivity (Wildman–Crippen MR) is 135 cm³/mol. The second-order valence-electron chi connectivity index (χ2n) is 6.24. The lowest BCUT2D eigenvalue weighted by atomic mass is 10.1. The summed E-state index contributed by atoms with van der Waals surface area (Å²) in [6, 6.07) is 7.48. The Labute approximate surface area is 212 Å². The molecule has 0 saturated carbocycles. The third kappa shape index (κ3) is 5.53. The standard InChI is InChI=1S/C21H16ClFINO5S2/c1-3-29-16-7-11(6-15(24)19(16)30-10-18(26)28-2)8-17-20(27)25(21(31)32-17)12-4-5-14(23)13(22)9-12/h4-9H,3,10H2,1-2H3/b17-8+. The van der Waals surface area contributed by atoms with Gasteiger partial charge in [-0.15, -0.1) is 0 Å². The third-order valence-electron chi connectivity index (χ3n) is 4.15. The van der Waals surface area contributed by atoms with Gasteiger partial charge in [-0.3, -0.25) is 9.69 Å². The number of hydrogen-bond donors (Lipinski definition) is 0. The molecule has 1 heterocycles. The molecule has 0 aromatic heterocycles. The first kappa shape index (κ1) is 24.7. The number of carbonyl (C=O) groups is 2. The molecular formula is C21H16ClFINO5S2. The van der Waals surface area contributed by atoms with E-state index in [0.29, 0.717) is 42.2 Å². The lowest BCUT2D eigenvalue weighted by molar-refractivity contribution is -0.142. The van der Waals surface area contributed by atoms with Crippen LogP contribution in [0.25, 0.3) is 6.08 Å². The van der Waals surface area contributed by atoms with Crippen molar-refractivity contribution in [3.05, 3.63) is 55.2 Å². The molecule has 1 fully saturated rings. The number of anilines is 1. The first-order valence-electron chi connectivity index (χ1n) is 9.14. The normalized spacial score (nSPS) is 14.8. The molecule has 0 unspecified atom stereocenters. The highest BCUT2D eigenvalue weighted by Gasteiger charge is 2.33. The maximum atomic E-state index is 13.5. The Hall–Kier alpha value is -1.89. The Kier molecular flexibility index (Phi) is 8.37. The average Bonchev–Trinajstić information content (AvgIpc) is 3.02. The molecule has 32 heavy (non-hydrogen) atoms. The van der Waals surface area contributed by atoms with Crippen LogP contribution in [-0.4, -0.2) is 36.5 Å². The molecule has 0 bridgehead atoms. The van der Waals surface area contributed by atoms with E-state index in [9.17, 15) is 14.0 Å². The molecule has 3 rings (SSSR count). The molecule has 168 valence electrons. The lowest BCUT2D eigenvalue weighted by Crippen LogP contribution is -2.27. The van der Waals surface area contributed by atoms with E-state index in [1.807, 2.05) is 6.92 Å². The molecule has 6 nitrogen and oxygen atoms in total. The van der Waals surface area contributed by atoms with Crippen LogP contribution in [0.15, 0.2) is 35.2 Å². The maximum Gasteiger partial charge on any atom is 0.343 e. The summed E-state index contributed by atoms with van der Waals surface area (Å²) in [4.78, 5) is 26.1. The highest BCUT2D eigenvalue weighted by molar-refractivity contribution is 14.1. The number of ether oxygens (including phenoxy) is 3. The van der Waals surface area contributed by atoms with Crippen LogP contribution in [0.1, 0.15) is 12.5 Å². The number of carbonyl (C=O) groups excluding carboxylic acids is 2. The smallest absolute Gasteiger partial charge is 0.343 e. The summed E-state index contributed by atoms with van der Waals surface area (Å²) in [7, 11) is 1.28. The molecule has 0 aliphatic carbocycles. The molecule has 1 amide bonds. The Morgan fingerprint density at radius 1 is 1.31 bits per heavy atom. The lowest BCUT2D eigenvalue weighted by Gasteiger charge is -2.15. The summed E-state index contributed by atoms with van der Waals surface area (Å²) < 4.78 is 30.3. The Balaban J connectivity index is 1.91. The molecule has 0 radical (unpaired) electrons. The largest absolute Gasteiger partial charge is 0.490 e. The summed E-state index contributed by atoms with van der Waals surface area (Å²) in [6.07, 6.45) is 1.68. The second kappa shape index (κ2) is 10.8. The summed E-state index contributed by atoms with van der Waals surface area (Å²) in [5.41, 5.74) is 1.07. The minimum Gasteiger partial charge on any atom is -0.490 e. The topological polar surface area (TPSA) is 65.1 Å². The van der Waals surface area contributed by atoms with Gasteiger partial charge in [0.25, 0.3) is 5.91 Å². The van der Waals surface area contributed by atoms with Gasteiger partial charge in [0.2, 0.25) is 0 Å². The van der Waals surface area contributed by atoms with E-state index in [0.717, 1.165) is 11.8 Å². The van der Waals surface area contributed by atoms with Crippen molar-refractivity contribution >= 4 is 86.1 Å². The zero-order valence-corrected chi connectivity index (χ0v) is 21.4. The highest BCUT2D eigenvalue weighted by atomic mass is 127. The van der Waals surface area contributed by atoms with Crippen LogP contribution in [0, 0.1) is 9.39 Å². The number of hydrogen-bond acceptors (Lipinski definition) is 7. The first-order valence-corrected chi connectivity index (χ1v) is 11.8. The molecule has 11 heteroatoms. The van der Waals surface area contributed by atoms with E-state index < -0.39 is 11.8 Å². The van der Waals surface area contributed by atoms with E-state index in [4.69, 9.17) is 33.3 Å². The van der Waals surface area contributed by atoms with Gasteiger partial charge in [0, 0.05) is 0 Å². The van der Waals surface area contributed by atoms with Crippen LogP contribution in [-0.2, 0) is 14.3 Å². The molecule has 2 aromatic carbocycles. The third-order valence-corrected chi connectivity index (χ3v) is 6.54. The molecule has 2 aromatic rings. The number of halogens is 3. The zero-order chi connectivity index (χ0) is 23.4. The fourth-order valence-electron chi connectivity index (χ4n) is 2.73. The van der Waals surface area contributed by atoms with E-state index in [1.54, 1.807) is 18.2 Å². The quantitative estimate of drug-likeness (QED) is 0.180. The molecule has 0 N–H and O–H groups in total. The van der Waals surface area contributed by atoms with Gasteiger partial charge in [-0.2, -0.15) is 0 Å². The number of nitrogens with zero attached hydrogens (tertiary/aromatic N) is 1. The van der Waals surface area contributed by atoms with Gasteiger partial charge >= 0.3 is 5.97 Å². The minimum atomic E-state index is -0.580. The van der Waals surface area contributed by atoms with E-state index in [2.05, 4.69) is 27.3 Å². The number of thiocarbonyl (C=S) groups is 1. The van der Waals surface area contributed by atoms with Crippen molar-refractivity contribution in [2.75, 3.05) is 25.2 Å².